The lowest BCUT2D eigenvalue weighted by Crippen LogP contribution is -2.16. The first kappa shape index (κ1) is 15.2. The summed E-state index contributed by atoms with van der Waals surface area (Å²) in [4.78, 5) is 10.9. The average molecular weight is 288 g/mol. The molecule has 0 aliphatic rings. The molecule has 21 heavy (non-hydrogen) atoms. The van der Waals surface area contributed by atoms with Crippen molar-refractivity contribution < 1.29 is 9.90 Å². The van der Waals surface area contributed by atoms with E-state index in [1.807, 2.05) is 25.1 Å². The summed E-state index contributed by atoms with van der Waals surface area (Å²) in [7, 11) is 0. The second kappa shape index (κ2) is 6.97. The van der Waals surface area contributed by atoms with Crippen LogP contribution in [-0.4, -0.2) is 31.3 Å². The van der Waals surface area contributed by atoms with Gasteiger partial charge in [0.05, 0.1) is 0 Å². The summed E-state index contributed by atoms with van der Waals surface area (Å²) < 4.78 is 1.71. The van der Waals surface area contributed by atoms with Gasteiger partial charge in [0.2, 0.25) is 0 Å². The Morgan fingerprint density at radius 1 is 1.33 bits per heavy atom. The Labute approximate surface area is 123 Å². The van der Waals surface area contributed by atoms with E-state index in [0.717, 1.165) is 18.4 Å². The van der Waals surface area contributed by atoms with Crippen molar-refractivity contribution in [2.45, 2.75) is 39.7 Å². The lowest BCUT2D eigenvalue weighted by Gasteiger charge is -2.14. The number of tetrazole rings is 1. The largest absolute Gasteiger partial charge is 0.481 e. The second-order valence-corrected chi connectivity index (χ2v) is 5.07. The first-order valence-corrected chi connectivity index (χ1v) is 7.21. The van der Waals surface area contributed by atoms with Gasteiger partial charge in [0.25, 0.3) is 0 Å². The molecule has 0 amide bonds. The predicted octanol–water partition coefficient (Wildman–Crippen LogP) is 2.40. The normalized spacial score (nSPS) is 12.3. The maximum atomic E-state index is 10.9. The molecule has 0 bridgehead atoms. The summed E-state index contributed by atoms with van der Waals surface area (Å²) in [6.45, 7) is 4.59. The first-order chi connectivity index (χ1) is 10.2. The van der Waals surface area contributed by atoms with Gasteiger partial charge in [0, 0.05) is 18.5 Å². The zero-order valence-electron chi connectivity index (χ0n) is 12.4. The van der Waals surface area contributed by atoms with Crippen LogP contribution < -0.4 is 0 Å². The molecule has 0 aliphatic carbocycles. The van der Waals surface area contributed by atoms with Crippen molar-refractivity contribution in [2.24, 2.45) is 5.92 Å². The smallest absolute Gasteiger partial charge is 0.303 e. The number of aliphatic carboxylic acids is 1. The summed E-state index contributed by atoms with van der Waals surface area (Å²) in [5, 5.41) is 20.8. The highest BCUT2D eigenvalue weighted by Gasteiger charge is 2.17. The molecule has 0 saturated heterocycles. The fourth-order valence-corrected chi connectivity index (χ4v) is 2.40. The minimum absolute atomic E-state index is 0.0264. The van der Waals surface area contributed by atoms with Crippen LogP contribution in [0.3, 0.4) is 0 Å². The number of carboxylic acids is 1. The molecule has 0 saturated carbocycles. The number of hydrogen-bond acceptors (Lipinski definition) is 4. The molecule has 2 rings (SSSR count). The monoisotopic (exact) mass is 288 g/mol. The van der Waals surface area contributed by atoms with Crippen LogP contribution in [0.1, 0.15) is 32.3 Å². The summed E-state index contributed by atoms with van der Waals surface area (Å²) in [6.07, 6.45) is 1.81. The Hall–Kier alpha value is -2.24. The minimum Gasteiger partial charge on any atom is -0.481 e. The van der Waals surface area contributed by atoms with E-state index in [4.69, 9.17) is 5.11 Å². The third kappa shape index (κ3) is 3.65. The van der Waals surface area contributed by atoms with E-state index in [0.29, 0.717) is 12.4 Å². The number of hydrogen-bond donors (Lipinski definition) is 1. The highest BCUT2D eigenvalue weighted by atomic mass is 16.4. The van der Waals surface area contributed by atoms with Gasteiger partial charge < -0.3 is 5.11 Å². The van der Waals surface area contributed by atoms with Gasteiger partial charge in [0.15, 0.2) is 5.82 Å². The Kier molecular flexibility index (Phi) is 5.03. The van der Waals surface area contributed by atoms with E-state index in [2.05, 4.69) is 28.5 Å². The molecule has 0 radical (unpaired) electrons. The summed E-state index contributed by atoms with van der Waals surface area (Å²) >= 11 is 0. The number of carbonyl (C=O) groups is 1. The summed E-state index contributed by atoms with van der Waals surface area (Å²) in [6, 6.07) is 8.01. The lowest BCUT2D eigenvalue weighted by molar-refractivity contribution is -0.138. The van der Waals surface area contributed by atoms with E-state index in [9.17, 15) is 4.79 Å². The Morgan fingerprint density at radius 3 is 2.76 bits per heavy atom. The van der Waals surface area contributed by atoms with Crippen LogP contribution in [0, 0.1) is 5.92 Å². The molecule has 6 heteroatoms. The minimum atomic E-state index is -0.787. The molecule has 2 aromatic rings. The quantitative estimate of drug-likeness (QED) is 0.846. The molecule has 0 aliphatic heterocycles. The highest BCUT2D eigenvalue weighted by Crippen LogP contribution is 2.23. The van der Waals surface area contributed by atoms with Gasteiger partial charge in [-0.3, -0.25) is 4.79 Å². The van der Waals surface area contributed by atoms with Gasteiger partial charge in [-0.2, -0.15) is 0 Å². The van der Waals surface area contributed by atoms with Crippen LogP contribution in [0.2, 0.25) is 0 Å². The van der Waals surface area contributed by atoms with E-state index in [1.54, 1.807) is 4.68 Å². The Bertz CT molecular complexity index is 609. The van der Waals surface area contributed by atoms with Crippen LogP contribution in [-0.2, 0) is 17.8 Å². The predicted molar refractivity (Wildman–Crippen MR) is 78.7 cm³/mol. The van der Waals surface area contributed by atoms with Gasteiger partial charge in [-0.1, -0.05) is 44.5 Å². The number of aryl methyl sites for hydroxylation is 1. The van der Waals surface area contributed by atoms with Crippen molar-refractivity contribution in [1.82, 2.24) is 20.2 Å². The maximum absolute atomic E-state index is 10.9. The zero-order valence-corrected chi connectivity index (χ0v) is 12.4. The van der Waals surface area contributed by atoms with Crippen LogP contribution in [0.5, 0.6) is 0 Å². The van der Waals surface area contributed by atoms with E-state index in [-0.39, 0.29) is 12.3 Å². The molecule has 0 fully saturated rings. The van der Waals surface area contributed by atoms with E-state index >= 15 is 0 Å². The zero-order chi connectivity index (χ0) is 15.2. The standard InChI is InChI=1S/C15H20N4O2/c1-3-11(9-14(20)21)10-19-15(16-17-18-19)13-8-6-5-7-12(13)4-2/h5-8,11H,3-4,9-10H2,1-2H3,(H,20,21). The first-order valence-electron chi connectivity index (χ1n) is 7.21. The molecule has 6 nitrogen and oxygen atoms in total. The van der Waals surface area contributed by atoms with Crippen LogP contribution in [0.4, 0.5) is 0 Å². The Balaban J connectivity index is 2.28. The number of benzene rings is 1. The van der Waals surface area contributed by atoms with Crippen molar-refractivity contribution in [3.05, 3.63) is 29.8 Å². The maximum Gasteiger partial charge on any atom is 0.303 e. The molecule has 1 atom stereocenters. The van der Waals surface area contributed by atoms with Gasteiger partial charge in [-0.15, -0.1) is 5.10 Å². The molecule has 1 heterocycles. The summed E-state index contributed by atoms with van der Waals surface area (Å²) in [5.74, 6) is -0.0553. The summed E-state index contributed by atoms with van der Waals surface area (Å²) in [5.41, 5.74) is 2.19. The van der Waals surface area contributed by atoms with Crippen molar-refractivity contribution in [3.63, 3.8) is 0 Å². The second-order valence-electron chi connectivity index (χ2n) is 5.07. The van der Waals surface area contributed by atoms with E-state index < -0.39 is 5.97 Å². The third-order valence-corrected chi connectivity index (χ3v) is 3.64. The molecule has 1 aromatic carbocycles. The van der Waals surface area contributed by atoms with Gasteiger partial charge >= 0.3 is 5.97 Å². The molecular formula is C15H20N4O2. The van der Waals surface area contributed by atoms with Gasteiger partial charge in [-0.05, 0) is 28.3 Å². The van der Waals surface area contributed by atoms with Gasteiger partial charge in [-0.25, -0.2) is 4.68 Å². The van der Waals surface area contributed by atoms with Crippen molar-refractivity contribution in [1.29, 1.82) is 0 Å². The van der Waals surface area contributed by atoms with Crippen molar-refractivity contribution >= 4 is 5.97 Å². The van der Waals surface area contributed by atoms with E-state index in [1.165, 1.54) is 5.56 Å². The molecular weight excluding hydrogens is 268 g/mol. The highest BCUT2D eigenvalue weighted by molar-refractivity contribution is 5.67. The molecule has 1 aromatic heterocycles. The topological polar surface area (TPSA) is 80.9 Å². The molecule has 1 unspecified atom stereocenters. The molecule has 0 spiro atoms. The number of carboxylic acid groups (broad SMARTS) is 1. The molecule has 112 valence electrons. The lowest BCUT2D eigenvalue weighted by atomic mass is 10.0. The number of rotatable bonds is 7. The SMILES string of the molecule is CCc1ccccc1-c1nnnn1CC(CC)CC(=O)O. The Morgan fingerprint density at radius 2 is 2.10 bits per heavy atom. The number of aromatic nitrogens is 4. The number of nitrogens with zero attached hydrogens (tertiary/aromatic N) is 4. The molecule has 1 N–H and O–H groups in total. The van der Waals surface area contributed by atoms with Crippen molar-refractivity contribution in [2.75, 3.05) is 0 Å². The van der Waals surface area contributed by atoms with Gasteiger partial charge in [0.1, 0.15) is 0 Å². The van der Waals surface area contributed by atoms with Crippen LogP contribution in [0.15, 0.2) is 24.3 Å². The third-order valence-electron chi connectivity index (χ3n) is 3.64. The van der Waals surface area contributed by atoms with Crippen molar-refractivity contribution in [3.8, 4) is 11.4 Å². The fourth-order valence-electron chi connectivity index (χ4n) is 2.40. The van der Waals surface area contributed by atoms with Crippen LogP contribution >= 0.6 is 0 Å². The van der Waals surface area contributed by atoms with Crippen LogP contribution in [0.25, 0.3) is 11.4 Å². The fraction of sp³-hybridized carbons (Fsp3) is 0.467. The average Bonchev–Trinajstić information content (AvgIpc) is 2.94.